The van der Waals surface area contributed by atoms with E-state index in [0.717, 1.165) is 11.2 Å². The molecule has 20 heavy (non-hydrogen) atoms. The zero-order valence-electron chi connectivity index (χ0n) is 13.1. The second-order valence-electron chi connectivity index (χ2n) is 7.07. The van der Waals surface area contributed by atoms with Crippen molar-refractivity contribution < 1.29 is 9.53 Å². The molecule has 3 atom stereocenters. The first-order chi connectivity index (χ1) is 9.33. The molecule has 0 aromatic carbocycles. The molecule has 1 aliphatic heterocycles. The monoisotopic (exact) mass is 300 g/mol. The highest BCUT2D eigenvalue weighted by Gasteiger charge is 2.34. The first-order valence-corrected chi connectivity index (χ1v) is 8.73. The van der Waals surface area contributed by atoms with Crippen molar-refractivity contribution in [1.82, 2.24) is 10.6 Å². The molecule has 1 saturated heterocycles. The number of carbonyl (C=O) groups excluding carboxylic acids is 1. The van der Waals surface area contributed by atoms with E-state index >= 15 is 0 Å². The molecule has 3 unspecified atom stereocenters. The van der Waals surface area contributed by atoms with Crippen LogP contribution in [0.25, 0.3) is 0 Å². The second-order valence-corrected chi connectivity index (χ2v) is 8.54. The van der Waals surface area contributed by atoms with Gasteiger partial charge in [-0.3, -0.25) is 0 Å². The van der Waals surface area contributed by atoms with Gasteiger partial charge in [0.15, 0.2) is 0 Å². The van der Waals surface area contributed by atoms with Crippen molar-refractivity contribution in [3.05, 3.63) is 0 Å². The van der Waals surface area contributed by atoms with Crippen molar-refractivity contribution in [3.8, 4) is 0 Å². The number of hydrogen-bond donors (Lipinski definition) is 2. The minimum atomic E-state index is -0.426. The Morgan fingerprint density at radius 2 is 2.10 bits per heavy atom. The normalized spacial score (nSPS) is 28.2. The summed E-state index contributed by atoms with van der Waals surface area (Å²) in [4.78, 5) is 11.7. The predicted molar refractivity (Wildman–Crippen MR) is 84.2 cm³/mol. The molecule has 1 saturated carbocycles. The van der Waals surface area contributed by atoms with Gasteiger partial charge in [0, 0.05) is 29.6 Å². The Balaban J connectivity index is 1.74. The molecule has 0 bridgehead atoms. The van der Waals surface area contributed by atoms with Crippen LogP contribution in [0.4, 0.5) is 4.79 Å². The van der Waals surface area contributed by atoms with Crippen LogP contribution in [0.2, 0.25) is 0 Å². The molecule has 1 amide bonds. The summed E-state index contributed by atoms with van der Waals surface area (Å²) in [5, 5.41) is 7.41. The number of hydrogen-bond acceptors (Lipinski definition) is 4. The molecule has 116 valence electrons. The Bertz CT molecular complexity index is 339. The molecule has 4 nitrogen and oxygen atoms in total. The highest BCUT2D eigenvalue weighted by molar-refractivity contribution is 8.00. The fourth-order valence-corrected chi connectivity index (χ4v) is 3.77. The van der Waals surface area contributed by atoms with Crippen molar-refractivity contribution in [3.63, 3.8) is 0 Å². The van der Waals surface area contributed by atoms with E-state index in [1.807, 2.05) is 32.5 Å². The van der Waals surface area contributed by atoms with E-state index in [2.05, 4.69) is 17.6 Å². The van der Waals surface area contributed by atoms with Crippen molar-refractivity contribution >= 4 is 17.9 Å². The lowest BCUT2D eigenvalue weighted by atomic mass is 10.1. The molecule has 0 radical (unpaired) electrons. The summed E-state index contributed by atoms with van der Waals surface area (Å²) in [6.45, 7) is 8.63. The molecule has 1 aliphatic carbocycles. The third kappa shape index (κ3) is 5.52. The van der Waals surface area contributed by atoms with Gasteiger partial charge in [-0.15, -0.1) is 0 Å². The third-order valence-corrected chi connectivity index (χ3v) is 5.06. The van der Waals surface area contributed by atoms with E-state index in [1.54, 1.807) is 0 Å². The second kappa shape index (κ2) is 6.56. The van der Waals surface area contributed by atoms with E-state index in [9.17, 15) is 4.79 Å². The lowest BCUT2D eigenvalue weighted by Gasteiger charge is -2.24. The standard InChI is InChI=1S/C15H28N2O2S/c1-10-7-12(9-20-10)17-13(11-5-6-11)8-16-14(18)19-15(2,3)4/h10-13,17H,5-9H2,1-4H3,(H,16,18). The maximum atomic E-state index is 11.7. The first-order valence-electron chi connectivity index (χ1n) is 7.68. The Morgan fingerprint density at radius 1 is 1.40 bits per heavy atom. The van der Waals surface area contributed by atoms with Crippen molar-refractivity contribution in [1.29, 1.82) is 0 Å². The van der Waals surface area contributed by atoms with Crippen molar-refractivity contribution in [2.45, 2.75) is 69.9 Å². The maximum absolute atomic E-state index is 11.7. The Labute approximate surface area is 126 Å². The van der Waals surface area contributed by atoms with Crippen LogP contribution in [0, 0.1) is 5.92 Å². The Kier molecular flexibility index (Phi) is 5.24. The van der Waals surface area contributed by atoms with Crippen LogP contribution in [-0.4, -0.2) is 41.3 Å². The lowest BCUT2D eigenvalue weighted by molar-refractivity contribution is 0.0520. The quantitative estimate of drug-likeness (QED) is 0.820. The number of carbonyl (C=O) groups is 1. The minimum absolute atomic E-state index is 0.306. The van der Waals surface area contributed by atoms with Gasteiger partial charge in [-0.25, -0.2) is 4.79 Å². The van der Waals surface area contributed by atoms with E-state index in [-0.39, 0.29) is 6.09 Å². The molecule has 0 spiro atoms. The Hall–Kier alpha value is -0.420. The number of nitrogens with one attached hydrogen (secondary N) is 2. The van der Waals surface area contributed by atoms with E-state index in [1.165, 1.54) is 25.0 Å². The fraction of sp³-hybridized carbons (Fsp3) is 0.933. The van der Waals surface area contributed by atoms with Crippen LogP contribution >= 0.6 is 11.8 Å². The molecule has 5 heteroatoms. The van der Waals surface area contributed by atoms with Gasteiger partial charge < -0.3 is 15.4 Å². The van der Waals surface area contributed by atoms with Crippen molar-refractivity contribution in [2.75, 3.05) is 12.3 Å². The molecular weight excluding hydrogens is 272 g/mol. The van der Waals surface area contributed by atoms with Gasteiger partial charge in [0.1, 0.15) is 5.60 Å². The summed E-state index contributed by atoms with van der Waals surface area (Å²) in [5.41, 5.74) is -0.426. The van der Waals surface area contributed by atoms with Crippen LogP contribution in [0.1, 0.15) is 47.0 Å². The van der Waals surface area contributed by atoms with Crippen LogP contribution in [0.3, 0.4) is 0 Å². The molecule has 0 aromatic rings. The summed E-state index contributed by atoms with van der Waals surface area (Å²) >= 11 is 2.04. The zero-order chi connectivity index (χ0) is 14.8. The summed E-state index contributed by atoms with van der Waals surface area (Å²) in [6, 6.07) is 0.999. The van der Waals surface area contributed by atoms with Gasteiger partial charge in [0.2, 0.25) is 0 Å². The van der Waals surface area contributed by atoms with Crippen molar-refractivity contribution in [2.24, 2.45) is 5.92 Å². The Morgan fingerprint density at radius 3 is 2.60 bits per heavy atom. The fourth-order valence-electron chi connectivity index (χ4n) is 2.60. The first kappa shape index (κ1) is 16.0. The molecule has 2 aliphatic rings. The average molecular weight is 300 g/mol. The summed E-state index contributed by atoms with van der Waals surface area (Å²) < 4.78 is 5.29. The average Bonchev–Trinajstić information content (AvgIpc) is 3.07. The van der Waals surface area contributed by atoms with Gasteiger partial charge in [-0.2, -0.15) is 11.8 Å². The van der Waals surface area contributed by atoms with Crippen LogP contribution in [0.15, 0.2) is 0 Å². The minimum Gasteiger partial charge on any atom is -0.444 e. The van der Waals surface area contributed by atoms with Gasteiger partial charge >= 0.3 is 6.09 Å². The lowest BCUT2D eigenvalue weighted by Crippen LogP contribution is -2.47. The molecule has 2 N–H and O–H groups in total. The van der Waals surface area contributed by atoms with E-state index < -0.39 is 5.60 Å². The van der Waals surface area contributed by atoms with E-state index in [0.29, 0.717) is 18.6 Å². The van der Waals surface area contributed by atoms with E-state index in [4.69, 9.17) is 4.74 Å². The predicted octanol–water partition coefficient (Wildman–Crippen LogP) is 2.77. The molecule has 2 rings (SSSR count). The summed E-state index contributed by atoms with van der Waals surface area (Å²) in [6.07, 6.45) is 3.49. The number of alkyl carbamates (subject to hydrolysis) is 1. The topological polar surface area (TPSA) is 50.4 Å². The van der Waals surface area contributed by atoms with Crippen LogP contribution < -0.4 is 10.6 Å². The number of ether oxygens (including phenoxy) is 1. The van der Waals surface area contributed by atoms with Gasteiger partial charge in [0.05, 0.1) is 0 Å². The molecule has 1 heterocycles. The van der Waals surface area contributed by atoms with Crippen LogP contribution in [0.5, 0.6) is 0 Å². The molecule has 0 aromatic heterocycles. The third-order valence-electron chi connectivity index (χ3n) is 3.70. The smallest absolute Gasteiger partial charge is 0.407 e. The number of rotatable bonds is 5. The van der Waals surface area contributed by atoms with Gasteiger partial charge in [0.25, 0.3) is 0 Å². The SMILES string of the molecule is CC1CC(NC(CNC(=O)OC(C)(C)C)C2CC2)CS1. The van der Waals surface area contributed by atoms with Crippen LogP contribution in [-0.2, 0) is 4.74 Å². The largest absolute Gasteiger partial charge is 0.444 e. The summed E-state index contributed by atoms with van der Waals surface area (Å²) in [5.74, 6) is 1.92. The molecule has 2 fully saturated rings. The van der Waals surface area contributed by atoms with Gasteiger partial charge in [-0.05, 0) is 46.0 Å². The maximum Gasteiger partial charge on any atom is 0.407 e. The molecular formula is C15H28N2O2S. The van der Waals surface area contributed by atoms with Gasteiger partial charge in [-0.1, -0.05) is 6.92 Å². The number of thioether (sulfide) groups is 1. The zero-order valence-corrected chi connectivity index (χ0v) is 13.9. The highest BCUT2D eigenvalue weighted by Crippen LogP contribution is 2.34. The summed E-state index contributed by atoms with van der Waals surface area (Å²) in [7, 11) is 0. The highest BCUT2D eigenvalue weighted by atomic mass is 32.2. The number of amides is 1.